The highest BCUT2D eigenvalue weighted by Gasteiger charge is 2.13. The number of benzene rings is 1. The first kappa shape index (κ1) is 14.7. The lowest BCUT2D eigenvalue weighted by molar-refractivity contribution is 0.118. The first-order valence-corrected chi connectivity index (χ1v) is 6.43. The fraction of sp³-hybridized carbons (Fsp3) is 0.533. The molecule has 0 heterocycles. The van der Waals surface area contributed by atoms with E-state index in [4.69, 9.17) is 10.00 Å². The summed E-state index contributed by atoms with van der Waals surface area (Å²) in [6, 6.07) is 10.5. The fourth-order valence-electron chi connectivity index (χ4n) is 1.91. The zero-order valence-electron chi connectivity index (χ0n) is 11.5. The first-order valence-electron chi connectivity index (χ1n) is 6.43. The van der Waals surface area contributed by atoms with Crippen LogP contribution in [0.5, 0.6) is 0 Å². The summed E-state index contributed by atoms with van der Waals surface area (Å²) in [6.07, 6.45) is 1.10. The van der Waals surface area contributed by atoms with E-state index in [1.54, 1.807) is 7.11 Å². The summed E-state index contributed by atoms with van der Waals surface area (Å²) >= 11 is 0. The Bertz CT molecular complexity index is 398. The number of hydrogen-bond donors (Lipinski definition) is 0. The predicted octanol–water partition coefficient (Wildman–Crippen LogP) is 2.81. The molecule has 0 N–H and O–H groups in total. The van der Waals surface area contributed by atoms with Crippen molar-refractivity contribution >= 4 is 0 Å². The van der Waals surface area contributed by atoms with Gasteiger partial charge in [-0.05, 0) is 25.0 Å². The summed E-state index contributed by atoms with van der Waals surface area (Å²) in [5, 5.41) is 9.11. The van der Waals surface area contributed by atoms with Crippen LogP contribution in [0.15, 0.2) is 24.3 Å². The summed E-state index contributed by atoms with van der Waals surface area (Å²) in [7, 11) is 1.72. The number of ether oxygens (including phenoxy) is 1. The van der Waals surface area contributed by atoms with Crippen LogP contribution in [0.2, 0.25) is 0 Å². The van der Waals surface area contributed by atoms with Crippen molar-refractivity contribution in [1.29, 1.82) is 5.26 Å². The average molecular weight is 246 g/mol. The molecule has 0 aliphatic heterocycles. The minimum absolute atomic E-state index is 0.492. The van der Waals surface area contributed by atoms with Crippen molar-refractivity contribution < 1.29 is 4.74 Å². The Morgan fingerprint density at radius 2 is 2.11 bits per heavy atom. The number of nitriles is 1. The molecule has 0 radical (unpaired) electrons. The third-order valence-corrected chi connectivity index (χ3v) is 3.31. The van der Waals surface area contributed by atoms with Gasteiger partial charge in [-0.2, -0.15) is 5.26 Å². The van der Waals surface area contributed by atoms with Gasteiger partial charge < -0.3 is 4.74 Å². The van der Waals surface area contributed by atoms with Gasteiger partial charge >= 0.3 is 0 Å². The molecule has 1 aromatic rings. The number of hydrogen-bond acceptors (Lipinski definition) is 3. The number of nitrogens with zero attached hydrogens (tertiary/aromatic N) is 2. The maximum Gasteiger partial charge on any atom is 0.0995 e. The van der Waals surface area contributed by atoms with E-state index in [0.29, 0.717) is 6.04 Å². The lowest BCUT2D eigenvalue weighted by atomic mass is 10.1. The maximum absolute atomic E-state index is 9.11. The van der Waals surface area contributed by atoms with Gasteiger partial charge in [0.25, 0.3) is 0 Å². The summed E-state index contributed by atoms with van der Waals surface area (Å²) < 4.78 is 5.15. The highest BCUT2D eigenvalue weighted by Crippen LogP contribution is 2.14. The molecule has 0 aliphatic carbocycles. The lowest BCUT2D eigenvalue weighted by Crippen LogP contribution is -2.35. The van der Waals surface area contributed by atoms with E-state index in [0.717, 1.165) is 37.2 Å². The predicted molar refractivity (Wildman–Crippen MR) is 73.2 cm³/mol. The van der Waals surface area contributed by atoms with Crippen LogP contribution >= 0.6 is 0 Å². The molecule has 0 aliphatic rings. The molecule has 1 rings (SSSR count). The molecule has 1 aromatic carbocycles. The van der Waals surface area contributed by atoms with E-state index in [-0.39, 0.29) is 0 Å². The quantitative estimate of drug-likeness (QED) is 0.742. The summed E-state index contributed by atoms with van der Waals surface area (Å²) in [6.45, 7) is 6.82. The molecule has 3 nitrogen and oxygen atoms in total. The van der Waals surface area contributed by atoms with Gasteiger partial charge in [-0.1, -0.05) is 25.1 Å². The van der Waals surface area contributed by atoms with Gasteiger partial charge in [0.2, 0.25) is 0 Å². The Morgan fingerprint density at radius 3 is 2.72 bits per heavy atom. The highest BCUT2D eigenvalue weighted by atomic mass is 16.5. The number of rotatable bonds is 7. The van der Waals surface area contributed by atoms with Crippen LogP contribution < -0.4 is 0 Å². The molecule has 0 spiro atoms. The van der Waals surface area contributed by atoms with E-state index in [1.807, 2.05) is 24.3 Å². The van der Waals surface area contributed by atoms with Gasteiger partial charge in [0.05, 0.1) is 18.2 Å². The topological polar surface area (TPSA) is 36.3 Å². The van der Waals surface area contributed by atoms with Crippen LogP contribution in [-0.4, -0.2) is 31.2 Å². The van der Waals surface area contributed by atoms with Crippen LogP contribution in [0.25, 0.3) is 0 Å². The van der Waals surface area contributed by atoms with Crippen molar-refractivity contribution in [2.75, 3.05) is 20.3 Å². The van der Waals surface area contributed by atoms with Gasteiger partial charge in [0, 0.05) is 26.2 Å². The second-order valence-electron chi connectivity index (χ2n) is 4.49. The Kier molecular flexibility index (Phi) is 6.42. The molecule has 0 aromatic heterocycles. The Balaban J connectivity index is 2.79. The fourth-order valence-corrected chi connectivity index (χ4v) is 1.91. The molecule has 18 heavy (non-hydrogen) atoms. The van der Waals surface area contributed by atoms with Crippen molar-refractivity contribution in [2.45, 2.75) is 32.9 Å². The zero-order valence-corrected chi connectivity index (χ0v) is 11.5. The van der Waals surface area contributed by atoms with Gasteiger partial charge in [-0.3, -0.25) is 4.90 Å². The van der Waals surface area contributed by atoms with Crippen LogP contribution in [0.4, 0.5) is 0 Å². The monoisotopic (exact) mass is 246 g/mol. The Hall–Kier alpha value is -1.37. The molecule has 0 bridgehead atoms. The van der Waals surface area contributed by atoms with Gasteiger partial charge in [-0.15, -0.1) is 0 Å². The smallest absolute Gasteiger partial charge is 0.0995 e. The minimum atomic E-state index is 0.492. The van der Waals surface area contributed by atoms with Crippen molar-refractivity contribution in [3.63, 3.8) is 0 Å². The van der Waals surface area contributed by atoms with Crippen LogP contribution in [0, 0.1) is 11.3 Å². The largest absolute Gasteiger partial charge is 0.383 e. The summed E-state index contributed by atoms with van der Waals surface area (Å²) in [5.41, 5.74) is 1.86. The van der Waals surface area contributed by atoms with Crippen LogP contribution in [0.1, 0.15) is 31.4 Å². The van der Waals surface area contributed by atoms with Crippen molar-refractivity contribution in [2.24, 2.45) is 0 Å². The molecular weight excluding hydrogens is 224 g/mol. The third-order valence-electron chi connectivity index (χ3n) is 3.31. The first-order chi connectivity index (χ1) is 8.72. The molecule has 3 heteroatoms. The lowest BCUT2D eigenvalue weighted by Gasteiger charge is -2.28. The Labute approximate surface area is 110 Å². The maximum atomic E-state index is 9.11. The van der Waals surface area contributed by atoms with Gasteiger partial charge in [-0.25, -0.2) is 0 Å². The Morgan fingerprint density at radius 1 is 1.39 bits per heavy atom. The molecule has 98 valence electrons. The normalized spacial score (nSPS) is 12.4. The molecule has 0 saturated carbocycles. The summed E-state index contributed by atoms with van der Waals surface area (Å²) in [4.78, 5) is 2.36. The second kappa shape index (κ2) is 7.86. The molecule has 0 saturated heterocycles. The molecule has 0 amide bonds. The SMILES string of the molecule is CCC(C)N(CCOC)Cc1ccccc1C#N. The van der Waals surface area contributed by atoms with E-state index in [2.05, 4.69) is 24.8 Å². The van der Waals surface area contributed by atoms with Crippen LogP contribution in [-0.2, 0) is 11.3 Å². The van der Waals surface area contributed by atoms with Gasteiger partial charge in [0.15, 0.2) is 0 Å². The molecule has 1 unspecified atom stereocenters. The minimum Gasteiger partial charge on any atom is -0.383 e. The summed E-state index contributed by atoms with van der Waals surface area (Å²) in [5.74, 6) is 0. The molecule has 1 atom stereocenters. The zero-order chi connectivity index (χ0) is 13.4. The van der Waals surface area contributed by atoms with E-state index >= 15 is 0 Å². The second-order valence-corrected chi connectivity index (χ2v) is 4.49. The highest BCUT2D eigenvalue weighted by molar-refractivity contribution is 5.37. The van der Waals surface area contributed by atoms with E-state index in [9.17, 15) is 0 Å². The molecule has 0 fully saturated rings. The van der Waals surface area contributed by atoms with Gasteiger partial charge in [0.1, 0.15) is 0 Å². The van der Waals surface area contributed by atoms with E-state index < -0.39 is 0 Å². The van der Waals surface area contributed by atoms with Crippen molar-refractivity contribution in [3.05, 3.63) is 35.4 Å². The van der Waals surface area contributed by atoms with Crippen molar-refractivity contribution in [3.8, 4) is 6.07 Å². The van der Waals surface area contributed by atoms with E-state index in [1.165, 1.54) is 0 Å². The molecular formula is C15H22N2O. The standard InChI is InChI=1S/C15H22N2O/c1-4-13(2)17(9-10-18-3)12-15-8-6-5-7-14(15)11-16/h5-8,13H,4,9-10,12H2,1-3H3. The van der Waals surface area contributed by atoms with Crippen LogP contribution in [0.3, 0.4) is 0 Å². The third kappa shape index (κ3) is 4.14. The number of methoxy groups -OCH3 is 1. The average Bonchev–Trinajstić information content (AvgIpc) is 2.42. The van der Waals surface area contributed by atoms with Crippen molar-refractivity contribution in [1.82, 2.24) is 4.90 Å².